The smallest absolute Gasteiger partial charge is 0.217 e. The summed E-state index contributed by atoms with van der Waals surface area (Å²) in [5, 5.41) is 0. The third kappa shape index (κ3) is 1.27. The van der Waals surface area contributed by atoms with E-state index in [1.54, 1.807) is 18.2 Å². The SMILES string of the molecule is CN1C[C@H](F)C[C@@H]1[C]=O. The van der Waals surface area contributed by atoms with E-state index in [0.29, 0.717) is 13.0 Å². The first-order valence-corrected chi connectivity index (χ1v) is 2.96. The monoisotopic (exact) mass is 130 g/mol. The minimum absolute atomic E-state index is 0.306. The molecule has 0 bridgehead atoms. The molecule has 1 heterocycles. The summed E-state index contributed by atoms with van der Waals surface area (Å²) in [5.74, 6) is 0. The zero-order valence-electron chi connectivity index (χ0n) is 5.30. The predicted molar refractivity (Wildman–Crippen MR) is 31.6 cm³/mol. The molecule has 9 heavy (non-hydrogen) atoms. The van der Waals surface area contributed by atoms with Crippen LogP contribution in [0.15, 0.2) is 0 Å². The molecule has 1 rings (SSSR count). The average Bonchev–Trinajstić information content (AvgIpc) is 2.10. The number of halogens is 1. The van der Waals surface area contributed by atoms with Gasteiger partial charge in [-0.15, -0.1) is 0 Å². The number of hydrogen-bond acceptors (Lipinski definition) is 2. The Bertz CT molecular complexity index is 118. The number of likely N-dealkylation sites (tertiary alicyclic amines) is 1. The summed E-state index contributed by atoms with van der Waals surface area (Å²) in [6, 6.07) is -0.306. The summed E-state index contributed by atoms with van der Waals surface area (Å²) >= 11 is 0. The van der Waals surface area contributed by atoms with Crippen LogP contribution in [0.2, 0.25) is 0 Å². The van der Waals surface area contributed by atoms with Crippen LogP contribution in [0.1, 0.15) is 6.42 Å². The molecule has 1 aliphatic heterocycles. The van der Waals surface area contributed by atoms with Gasteiger partial charge in [-0.05, 0) is 7.05 Å². The molecule has 0 spiro atoms. The molecule has 1 fully saturated rings. The largest absolute Gasteiger partial charge is 0.293 e. The van der Waals surface area contributed by atoms with Gasteiger partial charge >= 0.3 is 0 Å². The molecule has 0 aliphatic carbocycles. The van der Waals surface area contributed by atoms with Crippen LogP contribution in [0.3, 0.4) is 0 Å². The number of hydrogen-bond donors (Lipinski definition) is 0. The van der Waals surface area contributed by atoms with E-state index in [1.807, 2.05) is 0 Å². The fourth-order valence-electron chi connectivity index (χ4n) is 1.07. The van der Waals surface area contributed by atoms with E-state index < -0.39 is 6.17 Å². The van der Waals surface area contributed by atoms with Crippen LogP contribution in [0.25, 0.3) is 0 Å². The van der Waals surface area contributed by atoms with Crippen LogP contribution in [0, 0.1) is 0 Å². The summed E-state index contributed by atoms with van der Waals surface area (Å²) in [4.78, 5) is 11.7. The van der Waals surface area contributed by atoms with Crippen molar-refractivity contribution in [1.82, 2.24) is 4.90 Å². The van der Waals surface area contributed by atoms with Gasteiger partial charge < -0.3 is 0 Å². The van der Waals surface area contributed by atoms with E-state index in [2.05, 4.69) is 0 Å². The molecule has 51 valence electrons. The normalized spacial score (nSPS) is 37.1. The minimum Gasteiger partial charge on any atom is -0.293 e. The molecular formula is C6H9FNO. The van der Waals surface area contributed by atoms with E-state index in [-0.39, 0.29) is 6.04 Å². The van der Waals surface area contributed by atoms with Crippen LogP contribution >= 0.6 is 0 Å². The van der Waals surface area contributed by atoms with Crippen molar-refractivity contribution in [1.29, 1.82) is 0 Å². The number of likely N-dealkylation sites (N-methyl/N-ethyl adjacent to an activating group) is 1. The number of nitrogens with zero attached hydrogens (tertiary/aromatic N) is 1. The van der Waals surface area contributed by atoms with E-state index in [9.17, 15) is 9.18 Å². The molecular weight excluding hydrogens is 121 g/mol. The van der Waals surface area contributed by atoms with Crippen molar-refractivity contribution in [2.45, 2.75) is 18.6 Å². The highest BCUT2D eigenvalue weighted by Gasteiger charge is 2.29. The first-order valence-electron chi connectivity index (χ1n) is 2.96. The summed E-state index contributed by atoms with van der Waals surface area (Å²) < 4.78 is 12.4. The van der Waals surface area contributed by atoms with E-state index in [4.69, 9.17) is 0 Å². The quantitative estimate of drug-likeness (QED) is 0.503. The second-order valence-corrected chi connectivity index (χ2v) is 2.41. The van der Waals surface area contributed by atoms with Crippen molar-refractivity contribution >= 4 is 6.29 Å². The maximum absolute atomic E-state index is 12.4. The molecule has 2 atom stereocenters. The molecule has 3 heteroatoms. The minimum atomic E-state index is -0.832. The number of alkyl halides is 1. The van der Waals surface area contributed by atoms with Crippen molar-refractivity contribution in [2.75, 3.05) is 13.6 Å². The fraction of sp³-hybridized carbons (Fsp3) is 0.833. The Kier molecular flexibility index (Phi) is 1.81. The van der Waals surface area contributed by atoms with Crippen molar-refractivity contribution in [2.24, 2.45) is 0 Å². The zero-order valence-corrected chi connectivity index (χ0v) is 5.30. The molecule has 0 saturated carbocycles. The summed E-state index contributed by atoms with van der Waals surface area (Å²) in [6.45, 7) is 0.375. The predicted octanol–water partition coefficient (Wildman–Crippen LogP) is 0.138. The molecule has 1 aliphatic rings. The standard InChI is InChI=1S/C6H9FNO/c1-8-3-5(7)2-6(8)4-9/h5-6H,2-3H2,1H3/t5-,6-/m1/s1. The Morgan fingerprint density at radius 2 is 2.44 bits per heavy atom. The Morgan fingerprint density at radius 3 is 2.67 bits per heavy atom. The molecule has 0 unspecified atom stereocenters. The van der Waals surface area contributed by atoms with Gasteiger partial charge in [-0.2, -0.15) is 0 Å². The summed E-state index contributed by atoms with van der Waals surface area (Å²) in [7, 11) is 1.73. The molecule has 2 nitrogen and oxygen atoms in total. The van der Waals surface area contributed by atoms with Gasteiger partial charge in [0.2, 0.25) is 6.29 Å². The fourth-order valence-corrected chi connectivity index (χ4v) is 1.07. The Hall–Kier alpha value is -0.440. The topological polar surface area (TPSA) is 20.3 Å². The molecule has 0 N–H and O–H groups in total. The maximum Gasteiger partial charge on any atom is 0.217 e. The lowest BCUT2D eigenvalue weighted by Crippen LogP contribution is -2.25. The molecule has 0 aromatic heterocycles. The van der Waals surface area contributed by atoms with Gasteiger partial charge in [0.15, 0.2) is 0 Å². The highest BCUT2D eigenvalue weighted by molar-refractivity contribution is 5.59. The van der Waals surface area contributed by atoms with Gasteiger partial charge in [0.05, 0.1) is 6.04 Å². The highest BCUT2D eigenvalue weighted by Crippen LogP contribution is 2.15. The second kappa shape index (κ2) is 2.43. The van der Waals surface area contributed by atoms with Gasteiger partial charge in [0.25, 0.3) is 0 Å². The molecule has 0 aromatic carbocycles. The van der Waals surface area contributed by atoms with Crippen molar-refractivity contribution in [3.8, 4) is 0 Å². The van der Waals surface area contributed by atoms with Crippen LogP contribution < -0.4 is 0 Å². The van der Waals surface area contributed by atoms with Crippen LogP contribution in [0.5, 0.6) is 0 Å². The number of carbonyl (C=O) groups excluding carboxylic acids is 1. The molecule has 0 amide bonds. The first-order chi connectivity index (χ1) is 4.24. The Morgan fingerprint density at radius 1 is 1.78 bits per heavy atom. The van der Waals surface area contributed by atoms with Gasteiger partial charge in [0, 0.05) is 13.0 Å². The van der Waals surface area contributed by atoms with Gasteiger partial charge in [-0.25, -0.2) is 4.39 Å². The van der Waals surface area contributed by atoms with Gasteiger partial charge in [-0.1, -0.05) is 0 Å². The van der Waals surface area contributed by atoms with Crippen molar-refractivity contribution in [3.63, 3.8) is 0 Å². The molecule has 0 aromatic rings. The zero-order chi connectivity index (χ0) is 6.85. The van der Waals surface area contributed by atoms with Crippen LogP contribution in [-0.4, -0.2) is 37.0 Å². The second-order valence-electron chi connectivity index (χ2n) is 2.41. The Labute approximate surface area is 53.6 Å². The lowest BCUT2D eigenvalue weighted by atomic mass is 10.2. The third-order valence-electron chi connectivity index (χ3n) is 1.63. The lowest BCUT2D eigenvalue weighted by Gasteiger charge is -2.09. The van der Waals surface area contributed by atoms with E-state index >= 15 is 0 Å². The first kappa shape index (κ1) is 6.68. The van der Waals surface area contributed by atoms with Crippen LogP contribution in [0.4, 0.5) is 4.39 Å². The van der Waals surface area contributed by atoms with Crippen molar-refractivity contribution in [3.05, 3.63) is 0 Å². The molecule has 1 radical (unpaired) electrons. The highest BCUT2D eigenvalue weighted by atomic mass is 19.1. The third-order valence-corrected chi connectivity index (χ3v) is 1.63. The van der Waals surface area contributed by atoms with Gasteiger partial charge in [-0.3, -0.25) is 9.69 Å². The maximum atomic E-state index is 12.4. The van der Waals surface area contributed by atoms with Gasteiger partial charge in [0.1, 0.15) is 6.17 Å². The average molecular weight is 130 g/mol. The van der Waals surface area contributed by atoms with E-state index in [0.717, 1.165) is 0 Å². The lowest BCUT2D eigenvalue weighted by molar-refractivity contribution is 0.313. The summed E-state index contributed by atoms with van der Waals surface area (Å²) in [5.41, 5.74) is 0. The summed E-state index contributed by atoms with van der Waals surface area (Å²) in [6.07, 6.45) is 1.27. The number of rotatable bonds is 1. The Balaban J connectivity index is 2.47. The van der Waals surface area contributed by atoms with E-state index in [1.165, 1.54) is 0 Å². The molecule has 1 saturated heterocycles. The van der Waals surface area contributed by atoms with Crippen LogP contribution in [-0.2, 0) is 4.79 Å². The van der Waals surface area contributed by atoms with Crippen molar-refractivity contribution < 1.29 is 9.18 Å².